The first-order valence-electron chi connectivity index (χ1n) is 2.87. The van der Waals surface area contributed by atoms with E-state index in [4.69, 9.17) is 0 Å². The Kier molecular flexibility index (Phi) is 2.77. The van der Waals surface area contributed by atoms with Crippen molar-refractivity contribution in [1.29, 1.82) is 0 Å². The molecule has 0 heterocycles. The lowest BCUT2D eigenvalue weighted by Crippen LogP contribution is -2.24. The Hall–Kier alpha value is -0.300. The van der Waals surface area contributed by atoms with Crippen LogP contribution in [0, 0.1) is 0 Å². The molecule has 0 radical (unpaired) electrons. The molecule has 1 atom stereocenters. The zero-order valence-electron chi connectivity index (χ0n) is 6.23. The second-order valence-electron chi connectivity index (χ2n) is 2.49. The van der Waals surface area contributed by atoms with Crippen molar-refractivity contribution in [1.82, 2.24) is 4.90 Å². The number of likely N-dealkylation sites (N-methyl/N-ethyl adjacent to an activating group) is 1. The highest BCUT2D eigenvalue weighted by Crippen LogP contribution is 2.01. The van der Waals surface area contributed by atoms with E-state index in [9.17, 15) is 0 Å². The summed E-state index contributed by atoms with van der Waals surface area (Å²) in [6, 6.07) is 0.509. The van der Waals surface area contributed by atoms with Crippen LogP contribution in [0.1, 0.15) is 13.8 Å². The fourth-order valence-electron chi connectivity index (χ4n) is 0.441. The number of nitrogens with zero attached hydrogens (tertiary/aromatic N) is 1. The van der Waals surface area contributed by atoms with Crippen LogP contribution in [0.2, 0.25) is 0 Å². The second kappa shape index (κ2) is 2.88. The van der Waals surface area contributed by atoms with Crippen molar-refractivity contribution < 1.29 is 0 Å². The molecule has 0 saturated carbocycles. The molecule has 0 aliphatic heterocycles. The highest BCUT2D eigenvalue weighted by Gasteiger charge is 2.01. The summed E-state index contributed by atoms with van der Waals surface area (Å²) in [7, 11) is 4.11. The fraction of sp³-hybridized carbons (Fsp3) is 0.714. The minimum atomic E-state index is 0.509. The van der Waals surface area contributed by atoms with E-state index in [-0.39, 0.29) is 0 Å². The van der Waals surface area contributed by atoms with Gasteiger partial charge in [0, 0.05) is 6.04 Å². The van der Waals surface area contributed by atoms with Crippen LogP contribution in [0.15, 0.2) is 12.2 Å². The van der Waals surface area contributed by atoms with Crippen LogP contribution in [-0.4, -0.2) is 25.0 Å². The molecule has 1 nitrogen and oxygen atoms in total. The van der Waals surface area contributed by atoms with Gasteiger partial charge in [-0.1, -0.05) is 12.2 Å². The molecule has 0 spiro atoms. The van der Waals surface area contributed by atoms with Gasteiger partial charge in [-0.15, -0.1) is 0 Å². The van der Waals surface area contributed by atoms with Crippen molar-refractivity contribution in [2.75, 3.05) is 14.1 Å². The van der Waals surface area contributed by atoms with Gasteiger partial charge in [0.05, 0.1) is 0 Å². The second-order valence-corrected chi connectivity index (χ2v) is 2.49. The van der Waals surface area contributed by atoms with E-state index in [0.717, 1.165) is 0 Å². The van der Waals surface area contributed by atoms with Gasteiger partial charge in [-0.25, -0.2) is 0 Å². The average molecular weight is 113 g/mol. The Labute approximate surface area is 52.0 Å². The Morgan fingerprint density at radius 1 is 1.50 bits per heavy atom. The third-order valence-corrected chi connectivity index (χ3v) is 1.49. The smallest absolute Gasteiger partial charge is 0.0267 e. The van der Waals surface area contributed by atoms with E-state index >= 15 is 0 Å². The van der Waals surface area contributed by atoms with Crippen molar-refractivity contribution in [3.8, 4) is 0 Å². The maximum atomic E-state index is 3.83. The first kappa shape index (κ1) is 7.70. The summed E-state index contributed by atoms with van der Waals surface area (Å²) in [6.07, 6.45) is 0. The molecular weight excluding hydrogens is 98.1 g/mol. The summed E-state index contributed by atoms with van der Waals surface area (Å²) in [5.74, 6) is 0. The predicted octanol–water partition coefficient (Wildman–Crippen LogP) is 1.51. The number of rotatable bonds is 2. The van der Waals surface area contributed by atoms with Gasteiger partial charge in [0.25, 0.3) is 0 Å². The molecule has 0 aliphatic carbocycles. The summed E-state index contributed by atoms with van der Waals surface area (Å²) < 4.78 is 0. The lowest BCUT2D eigenvalue weighted by atomic mass is 10.2. The first-order valence-corrected chi connectivity index (χ1v) is 2.87. The van der Waals surface area contributed by atoms with E-state index in [1.807, 2.05) is 6.92 Å². The highest BCUT2D eigenvalue weighted by molar-refractivity contribution is 4.98. The molecule has 0 aromatic rings. The van der Waals surface area contributed by atoms with E-state index < -0.39 is 0 Å². The predicted molar refractivity (Wildman–Crippen MR) is 38.0 cm³/mol. The van der Waals surface area contributed by atoms with E-state index in [1.54, 1.807) is 0 Å². The quantitative estimate of drug-likeness (QED) is 0.491. The molecule has 1 unspecified atom stereocenters. The number of hydrogen-bond donors (Lipinski definition) is 0. The van der Waals surface area contributed by atoms with Crippen molar-refractivity contribution >= 4 is 0 Å². The Bertz CT molecular complexity index is 84.4. The van der Waals surface area contributed by atoms with Crippen LogP contribution in [0.3, 0.4) is 0 Å². The van der Waals surface area contributed by atoms with Crippen LogP contribution in [0.4, 0.5) is 0 Å². The van der Waals surface area contributed by atoms with Crippen molar-refractivity contribution in [3.05, 3.63) is 12.2 Å². The molecule has 0 bridgehead atoms. The molecular formula is C7H15N. The van der Waals surface area contributed by atoms with Gasteiger partial charge in [-0.05, 0) is 27.9 Å². The molecule has 0 N–H and O–H groups in total. The summed E-state index contributed by atoms with van der Waals surface area (Å²) in [6.45, 7) is 8.02. The summed E-state index contributed by atoms with van der Waals surface area (Å²) in [5.41, 5.74) is 1.22. The molecule has 0 aromatic carbocycles. The van der Waals surface area contributed by atoms with Gasteiger partial charge in [-0.2, -0.15) is 0 Å². The zero-order chi connectivity index (χ0) is 6.73. The van der Waals surface area contributed by atoms with Gasteiger partial charge in [0.2, 0.25) is 0 Å². The minimum absolute atomic E-state index is 0.509. The van der Waals surface area contributed by atoms with Crippen LogP contribution in [0.25, 0.3) is 0 Å². The standard InChI is InChI=1S/C7H15N/c1-6(2)7(3)8(4)5/h7H,1H2,2-5H3. The first-order chi connectivity index (χ1) is 3.55. The van der Waals surface area contributed by atoms with Gasteiger partial charge in [0.1, 0.15) is 0 Å². The van der Waals surface area contributed by atoms with Gasteiger partial charge in [0.15, 0.2) is 0 Å². The fourth-order valence-corrected chi connectivity index (χ4v) is 0.441. The van der Waals surface area contributed by atoms with E-state index in [0.29, 0.717) is 6.04 Å². The molecule has 0 saturated heterocycles. The zero-order valence-corrected chi connectivity index (χ0v) is 6.23. The summed E-state index contributed by atoms with van der Waals surface area (Å²) in [4.78, 5) is 2.14. The Morgan fingerprint density at radius 3 is 1.88 bits per heavy atom. The molecule has 0 rings (SSSR count). The molecule has 0 aliphatic rings. The lowest BCUT2D eigenvalue weighted by molar-refractivity contribution is 0.351. The molecule has 48 valence electrons. The van der Waals surface area contributed by atoms with Gasteiger partial charge < -0.3 is 4.90 Å². The largest absolute Gasteiger partial charge is 0.303 e. The average Bonchev–Trinajstić information content (AvgIpc) is 1.64. The molecule has 0 amide bonds. The summed E-state index contributed by atoms with van der Waals surface area (Å²) >= 11 is 0. The molecule has 0 aromatic heterocycles. The SMILES string of the molecule is C=C(C)C(C)N(C)C. The van der Waals surface area contributed by atoms with Crippen molar-refractivity contribution in [2.24, 2.45) is 0 Å². The van der Waals surface area contributed by atoms with E-state index in [2.05, 4.69) is 32.5 Å². The lowest BCUT2D eigenvalue weighted by Gasteiger charge is -2.18. The normalized spacial score (nSPS) is 14.1. The topological polar surface area (TPSA) is 3.24 Å². The summed E-state index contributed by atoms with van der Waals surface area (Å²) in [5, 5.41) is 0. The third-order valence-electron chi connectivity index (χ3n) is 1.49. The minimum Gasteiger partial charge on any atom is -0.303 e. The Balaban J connectivity index is 3.64. The van der Waals surface area contributed by atoms with E-state index in [1.165, 1.54) is 5.57 Å². The van der Waals surface area contributed by atoms with Crippen molar-refractivity contribution in [2.45, 2.75) is 19.9 Å². The van der Waals surface area contributed by atoms with Crippen LogP contribution >= 0.6 is 0 Å². The molecule has 0 fully saturated rings. The number of hydrogen-bond acceptors (Lipinski definition) is 1. The van der Waals surface area contributed by atoms with Crippen LogP contribution in [0.5, 0.6) is 0 Å². The molecule has 1 heteroatoms. The van der Waals surface area contributed by atoms with Gasteiger partial charge >= 0.3 is 0 Å². The van der Waals surface area contributed by atoms with Gasteiger partial charge in [-0.3, -0.25) is 0 Å². The molecule has 8 heavy (non-hydrogen) atoms. The maximum absolute atomic E-state index is 3.83. The van der Waals surface area contributed by atoms with Crippen LogP contribution < -0.4 is 0 Å². The third kappa shape index (κ3) is 2.12. The highest BCUT2D eigenvalue weighted by atomic mass is 15.1. The maximum Gasteiger partial charge on any atom is 0.0267 e. The van der Waals surface area contributed by atoms with Crippen molar-refractivity contribution in [3.63, 3.8) is 0 Å². The van der Waals surface area contributed by atoms with Crippen LogP contribution in [-0.2, 0) is 0 Å². The monoisotopic (exact) mass is 113 g/mol. The Morgan fingerprint density at radius 2 is 1.88 bits per heavy atom.